The SMILES string of the molecule is C[C@@H](CO)C1CCC(CS(=O)(=O)c2ccc(-c3ncc(Cl)cc3Cl)cc2)C1. The van der Waals surface area contributed by atoms with Crippen molar-refractivity contribution in [2.24, 2.45) is 17.8 Å². The number of sulfone groups is 1. The largest absolute Gasteiger partial charge is 0.396 e. The van der Waals surface area contributed by atoms with E-state index in [0.717, 1.165) is 24.8 Å². The summed E-state index contributed by atoms with van der Waals surface area (Å²) >= 11 is 12.0. The van der Waals surface area contributed by atoms with Gasteiger partial charge in [0.1, 0.15) is 0 Å². The first-order valence-electron chi connectivity index (χ1n) is 9.05. The average Bonchev–Trinajstić information content (AvgIpc) is 3.09. The van der Waals surface area contributed by atoms with Crippen molar-refractivity contribution >= 4 is 33.0 Å². The van der Waals surface area contributed by atoms with Crippen LogP contribution in [0.25, 0.3) is 11.3 Å². The summed E-state index contributed by atoms with van der Waals surface area (Å²) in [6.45, 7) is 2.18. The third-order valence-electron chi connectivity index (χ3n) is 5.42. The molecule has 1 saturated carbocycles. The number of rotatable bonds is 6. The van der Waals surface area contributed by atoms with E-state index in [-0.39, 0.29) is 24.2 Å². The van der Waals surface area contributed by atoms with Crippen molar-refractivity contribution in [3.8, 4) is 11.3 Å². The summed E-state index contributed by atoms with van der Waals surface area (Å²) in [5, 5.41) is 10.2. The molecule has 1 aliphatic rings. The van der Waals surface area contributed by atoms with Gasteiger partial charge in [0.05, 0.1) is 26.4 Å². The van der Waals surface area contributed by atoms with Crippen molar-refractivity contribution in [3.63, 3.8) is 0 Å². The van der Waals surface area contributed by atoms with Crippen LogP contribution < -0.4 is 0 Å². The predicted octanol–water partition coefficient (Wildman–Crippen LogP) is 4.87. The first-order valence-corrected chi connectivity index (χ1v) is 11.5. The van der Waals surface area contributed by atoms with Crippen LogP contribution in [0, 0.1) is 17.8 Å². The van der Waals surface area contributed by atoms with Gasteiger partial charge in [-0.1, -0.05) is 42.3 Å². The molecule has 1 fully saturated rings. The molecule has 4 nitrogen and oxygen atoms in total. The second-order valence-electron chi connectivity index (χ2n) is 7.39. The summed E-state index contributed by atoms with van der Waals surface area (Å²) in [7, 11) is -3.35. The second-order valence-corrected chi connectivity index (χ2v) is 10.3. The van der Waals surface area contributed by atoms with E-state index in [2.05, 4.69) is 4.98 Å². The summed E-state index contributed by atoms with van der Waals surface area (Å²) in [6, 6.07) is 8.28. The first-order chi connectivity index (χ1) is 12.8. The van der Waals surface area contributed by atoms with Gasteiger partial charge in [-0.15, -0.1) is 0 Å². The number of aliphatic hydroxyl groups is 1. The minimum absolute atomic E-state index is 0.154. The van der Waals surface area contributed by atoms with Crippen LogP contribution in [-0.4, -0.2) is 30.9 Å². The molecule has 3 rings (SSSR count). The molecule has 1 aliphatic carbocycles. The van der Waals surface area contributed by atoms with Gasteiger partial charge in [-0.05, 0) is 55.2 Å². The molecule has 0 saturated heterocycles. The maximum atomic E-state index is 12.8. The van der Waals surface area contributed by atoms with E-state index in [1.807, 2.05) is 6.92 Å². The molecule has 3 atom stereocenters. The van der Waals surface area contributed by atoms with Gasteiger partial charge in [0.15, 0.2) is 9.84 Å². The molecule has 1 aromatic heterocycles. The van der Waals surface area contributed by atoms with Crippen molar-refractivity contribution in [2.45, 2.75) is 31.1 Å². The van der Waals surface area contributed by atoms with E-state index in [0.29, 0.717) is 26.6 Å². The number of hydrogen-bond acceptors (Lipinski definition) is 4. The number of nitrogens with zero attached hydrogens (tertiary/aromatic N) is 1. The minimum atomic E-state index is -3.35. The van der Waals surface area contributed by atoms with Gasteiger partial charge < -0.3 is 5.11 Å². The first kappa shape index (κ1) is 20.6. The minimum Gasteiger partial charge on any atom is -0.396 e. The molecular weight excluding hydrogens is 405 g/mol. The van der Waals surface area contributed by atoms with Gasteiger partial charge in [-0.3, -0.25) is 4.98 Å². The molecule has 0 bridgehead atoms. The van der Waals surface area contributed by atoms with Crippen molar-refractivity contribution in [2.75, 3.05) is 12.4 Å². The van der Waals surface area contributed by atoms with E-state index < -0.39 is 9.84 Å². The van der Waals surface area contributed by atoms with Crippen LogP contribution in [0.15, 0.2) is 41.4 Å². The topological polar surface area (TPSA) is 67.3 Å². The third kappa shape index (κ3) is 4.83. The van der Waals surface area contributed by atoms with E-state index in [9.17, 15) is 13.5 Å². The highest BCUT2D eigenvalue weighted by molar-refractivity contribution is 7.91. The molecule has 7 heteroatoms. The zero-order chi connectivity index (χ0) is 19.6. The van der Waals surface area contributed by atoms with Gasteiger partial charge in [-0.2, -0.15) is 0 Å². The molecule has 27 heavy (non-hydrogen) atoms. The van der Waals surface area contributed by atoms with E-state index in [1.54, 1.807) is 30.3 Å². The molecule has 0 spiro atoms. The summed E-state index contributed by atoms with van der Waals surface area (Å²) in [5.74, 6) is 0.950. The molecular formula is C20H23Cl2NO3S. The van der Waals surface area contributed by atoms with Gasteiger partial charge in [0.2, 0.25) is 0 Å². The highest BCUT2D eigenvalue weighted by Gasteiger charge is 2.31. The number of halogens is 2. The molecule has 0 amide bonds. The summed E-state index contributed by atoms with van der Waals surface area (Å²) in [5.41, 5.74) is 1.31. The van der Waals surface area contributed by atoms with E-state index in [1.165, 1.54) is 6.20 Å². The van der Waals surface area contributed by atoms with E-state index in [4.69, 9.17) is 23.2 Å². The smallest absolute Gasteiger partial charge is 0.178 e. The Morgan fingerprint density at radius 1 is 1.22 bits per heavy atom. The highest BCUT2D eigenvalue weighted by Crippen LogP contribution is 2.37. The number of aliphatic hydroxyl groups excluding tert-OH is 1. The Balaban J connectivity index is 1.72. The number of benzene rings is 1. The van der Waals surface area contributed by atoms with Crippen LogP contribution in [0.2, 0.25) is 10.0 Å². The lowest BCUT2D eigenvalue weighted by Gasteiger charge is -2.17. The zero-order valence-corrected chi connectivity index (χ0v) is 17.4. The number of aromatic nitrogens is 1. The van der Waals surface area contributed by atoms with Crippen LogP contribution in [0.5, 0.6) is 0 Å². The van der Waals surface area contributed by atoms with Gasteiger partial charge in [-0.25, -0.2) is 8.42 Å². The number of pyridine rings is 1. The summed E-state index contributed by atoms with van der Waals surface area (Å²) < 4.78 is 25.6. The predicted molar refractivity (Wildman–Crippen MR) is 109 cm³/mol. The second kappa shape index (κ2) is 8.48. The van der Waals surface area contributed by atoms with Crippen LogP contribution in [0.3, 0.4) is 0 Å². The number of hydrogen-bond donors (Lipinski definition) is 1. The van der Waals surface area contributed by atoms with Gasteiger partial charge >= 0.3 is 0 Å². The van der Waals surface area contributed by atoms with Crippen LogP contribution >= 0.6 is 23.2 Å². The third-order valence-corrected chi connectivity index (χ3v) is 7.82. The molecule has 1 N–H and O–H groups in total. The Bertz CT molecular complexity index is 900. The molecule has 2 unspecified atom stereocenters. The standard InChI is InChI=1S/C20H23Cl2NO3S/c1-13(11-24)16-3-2-14(8-16)12-27(25,26)18-6-4-15(5-7-18)20-19(22)9-17(21)10-23-20/h4-7,9-10,13-14,16,24H,2-3,8,11-12H2,1H3/t13-,14?,16?/m0/s1. The van der Waals surface area contributed by atoms with Gasteiger partial charge in [0, 0.05) is 18.4 Å². The molecule has 1 aromatic carbocycles. The molecule has 0 aliphatic heterocycles. The summed E-state index contributed by atoms with van der Waals surface area (Å²) in [4.78, 5) is 4.54. The monoisotopic (exact) mass is 427 g/mol. The summed E-state index contributed by atoms with van der Waals surface area (Å²) in [6.07, 6.45) is 4.26. The zero-order valence-electron chi connectivity index (χ0n) is 15.1. The lowest BCUT2D eigenvalue weighted by Crippen LogP contribution is -2.16. The Hall–Kier alpha value is -1.14. The van der Waals surface area contributed by atoms with Crippen LogP contribution in [0.1, 0.15) is 26.2 Å². The van der Waals surface area contributed by atoms with Crippen LogP contribution in [-0.2, 0) is 9.84 Å². The Morgan fingerprint density at radius 3 is 2.56 bits per heavy atom. The Morgan fingerprint density at radius 2 is 1.93 bits per heavy atom. The maximum absolute atomic E-state index is 12.8. The van der Waals surface area contributed by atoms with E-state index >= 15 is 0 Å². The van der Waals surface area contributed by atoms with Crippen molar-refractivity contribution in [1.82, 2.24) is 4.98 Å². The molecule has 1 heterocycles. The average molecular weight is 428 g/mol. The lowest BCUT2D eigenvalue weighted by molar-refractivity contribution is 0.188. The maximum Gasteiger partial charge on any atom is 0.178 e. The quantitative estimate of drug-likeness (QED) is 0.713. The fourth-order valence-corrected chi connectivity index (χ4v) is 5.94. The van der Waals surface area contributed by atoms with Crippen molar-refractivity contribution in [1.29, 1.82) is 0 Å². The Kier molecular flexibility index (Phi) is 6.46. The van der Waals surface area contributed by atoms with Crippen LogP contribution in [0.4, 0.5) is 0 Å². The molecule has 146 valence electrons. The highest BCUT2D eigenvalue weighted by atomic mass is 35.5. The lowest BCUT2D eigenvalue weighted by atomic mass is 9.93. The van der Waals surface area contributed by atoms with Crippen molar-refractivity contribution < 1.29 is 13.5 Å². The molecule has 2 aromatic rings. The van der Waals surface area contributed by atoms with Crippen molar-refractivity contribution in [3.05, 3.63) is 46.6 Å². The fourth-order valence-electron chi connectivity index (χ4n) is 3.78. The Labute approximate surface area is 170 Å². The molecule has 0 radical (unpaired) electrons. The fraction of sp³-hybridized carbons (Fsp3) is 0.450. The van der Waals surface area contributed by atoms with Gasteiger partial charge in [0.25, 0.3) is 0 Å². The normalized spacial score (nSPS) is 21.3.